The molecule has 8 nitrogen and oxygen atoms in total. The zero-order valence-corrected chi connectivity index (χ0v) is 16.5. The maximum absolute atomic E-state index is 12.7. The maximum Gasteiger partial charge on any atom is 0.309 e. The van der Waals surface area contributed by atoms with Crippen molar-refractivity contribution >= 4 is 23.5 Å². The predicted molar refractivity (Wildman–Crippen MR) is 105 cm³/mol. The standard InChI is InChI=1S/C20H29N3O5/c1-3-28-20(26)15-8-10-23(11-9-15)19(25)14-4-6-16(7-5-14)22-18(24)12-17(13-21)27-2/h4-7,15,17H,3,8-13,21H2,1-2H3,(H,22,24). The van der Waals surface area contributed by atoms with Crippen molar-refractivity contribution in [2.24, 2.45) is 11.7 Å². The van der Waals surface area contributed by atoms with Crippen LogP contribution in [0.1, 0.15) is 36.5 Å². The molecule has 1 atom stereocenters. The topological polar surface area (TPSA) is 111 Å². The fraction of sp³-hybridized carbons (Fsp3) is 0.550. The van der Waals surface area contributed by atoms with Crippen molar-refractivity contribution in [2.75, 3.05) is 38.7 Å². The number of hydrogen-bond donors (Lipinski definition) is 2. The zero-order chi connectivity index (χ0) is 20.5. The first kappa shape index (κ1) is 21.8. The number of nitrogens with zero attached hydrogens (tertiary/aromatic N) is 1. The summed E-state index contributed by atoms with van der Waals surface area (Å²) in [6.07, 6.45) is 1.07. The van der Waals surface area contributed by atoms with E-state index in [9.17, 15) is 14.4 Å². The van der Waals surface area contributed by atoms with Crippen LogP contribution in [0.2, 0.25) is 0 Å². The number of esters is 1. The molecule has 1 aliphatic heterocycles. The highest BCUT2D eigenvalue weighted by atomic mass is 16.5. The number of anilines is 1. The molecule has 154 valence electrons. The third-order valence-electron chi connectivity index (χ3n) is 4.83. The normalized spacial score (nSPS) is 15.8. The van der Waals surface area contributed by atoms with Crippen LogP contribution in [0, 0.1) is 5.92 Å². The quantitative estimate of drug-likeness (QED) is 0.648. The lowest BCUT2D eigenvalue weighted by Gasteiger charge is -2.31. The van der Waals surface area contributed by atoms with Gasteiger partial charge in [-0.3, -0.25) is 14.4 Å². The summed E-state index contributed by atoms with van der Waals surface area (Å²) >= 11 is 0. The molecule has 1 fully saturated rings. The Morgan fingerprint density at radius 2 is 1.86 bits per heavy atom. The minimum atomic E-state index is -0.321. The van der Waals surface area contributed by atoms with Crippen LogP contribution < -0.4 is 11.1 Å². The highest BCUT2D eigenvalue weighted by molar-refractivity contribution is 5.96. The van der Waals surface area contributed by atoms with E-state index >= 15 is 0 Å². The van der Waals surface area contributed by atoms with Crippen molar-refractivity contribution in [1.29, 1.82) is 0 Å². The number of piperidine rings is 1. The molecule has 1 saturated heterocycles. The molecule has 1 aromatic rings. The second kappa shape index (κ2) is 10.8. The van der Waals surface area contributed by atoms with Gasteiger partial charge in [0.2, 0.25) is 5.91 Å². The highest BCUT2D eigenvalue weighted by Gasteiger charge is 2.28. The van der Waals surface area contributed by atoms with Crippen molar-refractivity contribution < 1.29 is 23.9 Å². The second-order valence-corrected chi connectivity index (χ2v) is 6.74. The summed E-state index contributed by atoms with van der Waals surface area (Å²) in [5.41, 5.74) is 6.67. The lowest BCUT2D eigenvalue weighted by Crippen LogP contribution is -2.40. The molecule has 0 bridgehead atoms. The molecule has 0 saturated carbocycles. The zero-order valence-electron chi connectivity index (χ0n) is 16.5. The minimum Gasteiger partial charge on any atom is -0.466 e. The molecule has 2 rings (SSSR count). The second-order valence-electron chi connectivity index (χ2n) is 6.74. The van der Waals surface area contributed by atoms with E-state index in [1.54, 1.807) is 36.1 Å². The molecule has 1 aromatic carbocycles. The number of carbonyl (C=O) groups excluding carboxylic acids is 3. The number of amides is 2. The molecule has 0 spiro atoms. The molecule has 28 heavy (non-hydrogen) atoms. The molecule has 2 amide bonds. The van der Waals surface area contributed by atoms with Gasteiger partial charge in [0.25, 0.3) is 5.91 Å². The van der Waals surface area contributed by atoms with Gasteiger partial charge >= 0.3 is 5.97 Å². The molecule has 3 N–H and O–H groups in total. The van der Waals surface area contributed by atoms with Crippen molar-refractivity contribution in [3.8, 4) is 0 Å². The first-order chi connectivity index (χ1) is 13.5. The summed E-state index contributed by atoms with van der Waals surface area (Å²) in [4.78, 5) is 38.2. The molecule has 1 unspecified atom stereocenters. The molecule has 0 aromatic heterocycles. The van der Waals surface area contributed by atoms with Gasteiger partial charge < -0.3 is 25.4 Å². The first-order valence-electron chi connectivity index (χ1n) is 9.57. The van der Waals surface area contributed by atoms with E-state index in [4.69, 9.17) is 15.2 Å². The van der Waals surface area contributed by atoms with Crippen molar-refractivity contribution in [1.82, 2.24) is 4.90 Å². The largest absolute Gasteiger partial charge is 0.466 e. The van der Waals surface area contributed by atoms with Gasteiger partial charge in [-0.2, -0.15) is 0 Å². The maximum atomic E-state index is 12.7. The highest BCUT2D eigenvalue weighted by Crippen LogP contribution is 2.21. The van der Waals surface area contributed by atoms with E-state index in [0.29, 0.717) is 43.8 Å². The molecule has 1 aliphatic rings. The summed E-state index contributed by atoms with van der Waals surface area (Å²) in [5.74, 6) is -0.591. The van der Waals surface area contributed by atoms with Crippen LogP contribution in [0.5, 0.6) is 0 Å². The van der Waals surface area contributed by atoms with Crippen LogP contribution in [-0.4, -0.2) is 62.1 Å². The molecule has 1 heterocycles. The average Bonchev–Trinajstić information content (AvgIpc) is 2.72. The number of ether oxygens (including phenoxy) is 2. The summed E-state index contributed by atoms with van der Waals surface area (Å²) < 4.78 is 10.1. The molecule has 0 radical (unpaired) electrons. The van der Waals surface area contributed by atoms with Gasteiger partial charge in [0.05, 0.1) is 25.0 Å². The van der Waals surface area contributed by atoms with Gasteiger partial charge in [-0.25, -0.2) is 0 Å². The van der Waals surface area contributed by atoms with Crippen LogP contribution in [-0.2, 0) is 19.1 Å². The number of nitrogens with two attached hydrogens (primary N) is 1. The fourth-order valence-corrected chi connectivity index (χ4v) is 3.14. The van der Waals surface area contributed by atoms with Gasteiger partial charge in [-0.15, -0.1) is 0 Å². The smallest absolute Gasteiger partial charge is 0.309 e. The lowest BCUT2D eigenvalue weighted by atomic mass is 9.96. The van der Waals surface area contributed by atoms with Crippen molar-refractivity contribution in [3.05, 3.63) is 29.8 Å². The monoisotopic (exact) mass is 391 g/mol. The number of benzene rings is 1. The SMILES string of the molecule is CCOC(=O)C1CCN(C(=O)c2ccc(NC(=O)CC(CN)OC)cc2)CC1. The number of carbonyl (C=O) groups is 3. The van der Waals surface area contributed by atoms with Gasteiger partial charge in [0.1, 0.15) is 0 Å². The number of nitrogens with one attached hydrogen (secondary N) is 1. The van der Waals surface area contributed by atoms with Crippen LogP contribution in [0.15, 0.2) is 24.3 Å². The molecular weight excluding hydrogens is 362 g/mol. The molecule has 8 heteroatoms. The van der Waals surface area contributed by atoms with Gasteiger partial charge in [0, 0.05) is 38.0 Å². The number of rotatable bonds is 8. The Kier molecular flexibility index (Phi) is 8.41. The van der Waals surface area contributed by atoms with E-state index in [-0.39, 0.29) is 42.8 Å². The number of likely N-dealkylation sites (tertiary alicyclic amines) is 1. The first-order valence-corrected chi connectivity index (χ1v) is 9.57. The predicted octanol–water partition coefficient (Wildman–Crippen LogP) is 1.40. The average molecular weight is 391 g/mol. The van der Waals surface area contributed by atoms with E-state index < -0.39 is 0 Å². The van der Waals surface area contributed by atoms with Crippen molar-refractivity contribution in [2.45, 2.75) is 32.3 Å². The van der Waals surface area contributed by atoms with Crippen LogP contribution in [0.25, 0.3) is 0 Å². The Hall–Kier alpha value is -2.45. The number of hydrogen-bond acceptors (Lipinski definition) is 6. The minimum absolute atomic E-state index is 0.0808. The van der Waals surface area contributed by atoms with E-state index in [2.05, 4.69) is 5.32 Å². The Labute approximate surface area is 165 Å². The lowest BCUT2D eigenvalue weighted by molar-refractivity contribution is -0.149. The van der Waals surface area contributed by atoms with Gasteiger partial charge in [0.15, 0.2) is 0 Å². The molecule has 0 aliphatic carbocycles. The van der Waals surface area contributed by atoms with E-state index in [0.717, 1.165) is 0 Å². The summed E-state index contributed by atoms with van der Waals surface area (Å²) in [6.45, 7) is 3.48. The van der Waals surface area contributed by atoms with Crippen LogP contribution in [0.4, 0.5) is 5.69 Å². The number of methoxy groups -OCH3 is 1. The Morgan fingerprint density at radius 1 is 1.21 bits per heavy atom. The Balaban J connectivity index is 1.87. The van der Waals surface area contributed by atoms with E-state index in [1.165, 1.54) is 7.11 Å². The summed E-state index contributed by atoms with van der Waals surface area (Å²) in [7, 11) is 1.51. The van der Waals surface area contributed by atoms with E-state index in [1.807, 2.05) is 0 Å². The summed E-state index contributed by atoms with van der Waals surface area (Å²) in [6, 6.07) is 6.76. The molecular formula is C20H29N3O5. The summed E-state index contributed by atoms with van der Waals surface area (Å²) in [5, 5.41) is 2.77. The fourth-order valence-electron chi connectivity index (χ4n) is 3.14. The van der Waals surface area contributed by atoms with Crippen LogP contribution in [0.3, 0.4) is 0 Å². The third-order valence-corrected chi connectivity index (χ3v) is 4.83. The Morgan fingerprint density at radius 3 is 2.39 bits per heavy atom. The van der Waals surface area contributed by atoms with Gasteiger partial charge in [-0.1, -0.05) is 0 Å². The van der Waals surface area contributed by atoms with Crippen LogP contribution >= 0.6 is 0 Å². The third kappa shape index (κ3) is 6.03. The van der Waals surface area contributed by atoms with Gasteiger partial charge in [-0.05, 0) is 44.0 Å². The Bertz CT molecular complexity index is 665. The van der Waals surface area contributed by atoms with Crippen molar-refractivity contribution in [3.63, 3.8) is 0 Å².